The molecule has 0 spiro atoms. The number of hydrogen-bond donors (Lipinski definition) is 0. The van der Waals surface area contributed by atoms with Crippen LogP contribution in [0.15, 0.2) is 108 Å². The van der Waals surface area contributed by atoms with E-state index in [1.807, 2.05) is 13.0 Å². The van der Waals surface area contributed by atoms with E-state index < -0.39 is 21.9 Å². The van der Waals surface area contributed by atoms with Gasteiger partial charge in [0.2, 0.25) is 5.78 Å². The molecule has 0 saturated heterocycles. The van der Waals surface area contributed by atoms with Crippen LogP contribution in [0.3, 0.4) is 0 Å². The van der Waals surface area contributed by atoms with Crippen molar-refractivity contribution in [3.8, 4) is 5.75 Å². The lowest BCUT2D eigenvalue weighted by atomic mass is 9.99. The third-order valence-electron chi connectivity index (χ3n) is 5.87. The van der Waals surface area contributed by atoms with Crippen LogP contribution in [0.4, 0.5) is 0 Å². The van der Waals surface area contributed by atoms with E-state index >= 15 is 0 Å². The maximum Gasteiger partial charge on any atom is 0.339 e. The molecule has 0 saturated carbocycles. The van der Waals surface area contributed by atoms with E-state index in [9.17, 15) is 18.0 Å². The molecule has 0 aromatic heterocycles. The SMILES string of the molecule is COc1ccc(C(=O)[C@H](OC(=O)c2ccc(CS(=O)(=O)c3ccc(C)cc3)cc2)c2ccccc2)cc1. The number of sulfone groups is 1. The summed E-state index contributed by atoms with van der Waals surface area (Å²) in [4.78, 5) is 26.5. The van der Waals surface area contributed by atoms with E-state index in [2.05, 4.69) is 0 Å². The van der Waals surface area contributed by atoms with Gasteiger partial charge >= 0.3 is 5.97 Å². The molecule has 7 heteroatoms. The maximum absolute atomic E-state index is 13.3. The topological polar surface area (TPSA) is 86.7 Å². The summed E-state index contributed by atoms with van der Waals surface area (Å²) in [6, 6.07) is 28.2. The van der Waals surface area contributed by atoms with Crippen LogP contribution in [0, 0.1) is 6.92 Å². The number of hydrogen-bond acceptors (Lipinski definition) is 6. The summed E-state index contributed by atoms with van der Waals surface area (Å²) in [6.07, 6.45) is -1.15. The molecule has 0 heterocycles. The van der Waals surface area contributed by atoms with Crippen LogP contribution >= 0.6 is 0 Å². The Balaban J connectivity index is 1.52. The Morgan fingerprint density at radius 1 is 0.757 bits per heavy atom. The van der Waals surface area contributed by atoms with Gasteiger partial charge in [0.15, 0.2) is 15.9 Å². The Bertz CT molecular complexity index is 1470. The van der Waals surface area contributed by atoms with Gasteiger partial charge in [-0.05, 0) is 61.0 Å². The number of aryl methyl sites for hydroxylation is 1. The molecular weight excluding hydrogens is 488 g/mol. The third kappa shape index (κ3) is 6.32. The highest BCUT2D eigenvalue weighted by atomic mass is 32.2. The lowest BCUT2D eigenvalue weighted by Gasteiger charge is -2.18. The summed E-state index contributed by atoms with van der Waals surface area (Å²) in [5.74, 6) is -0.658. The highest BCUT2D eigenvalue weighted by molar-refractivity contribution is 7.90. The van der Waals surface area contributed by atoms with E-state index in [1.165, 1.54) is 19.2 Å². The van der Waals surface area contributed by atoms with Gasteiger partial charge in [-0.1, -0.05) is 60.2 Å². The number of carbonyl (C=O) groups excluding carboxylic acids is 2. The van der Waals surface area contributed by atoms with Crippen molar-refractivity contribution in [2.24, 2.45) is 0 Å². The standard InChI is InChI=1S/C30H26O6S/c1-21-8-18-27(19-9-21)37(33,34)20-22-10-12-25(13-11-22)30(32)36-29(24-6-4-3-5-7-24)28(31)23-14-16-26(35-2)17-15-23/h3-19,29H,20H2,1-2H3/t29-/m1/s1. The molecule has 0 aliphatic heterocycles. The first kappa shape index (κ1) is 25.9. The Labute approximate surface area is 216 Å². The van der Waals surface area contributed by atoms with Crippen molar-refractivity contribution in [1.82, 2.24) is 0 Å². The first-order valence-electron chi connectivity index (χ1n) is 11.6. The zero-order valence-electron chi connectivity index (χ0n) is 20.5. The zero-order chi connectivity index (χ0) is 26.4. The minimum Gasteiger partial charge on any atom is -0.497 e. The molecule has 1 atom stereocenters. The fourth-order valence-electron chi connectivity index (χ4n) is 3.77. The van der Waals surface area contributed by atoms with Crippen LogP contribution in [0.5, 0.6) is 5.75 Å². The maximum atomic E-state index is 13.3. The van der Waals surface area contributed by atoms with E-state index in [0.717, 1.165) is 5.56 Å². The quantitative estimate of drug-likeness (QED) is 0.209. The van der Waals surface area contributed by atoms with Gasteiger partial charge in [-0.2, -0.15) is 0 Å². The van der Waals surface area contributed by atoms with Gasteiger partial charge in [-0.25, -0.2) is 13.2 Å². The number of Topliss-reactive ketones (excluding diaryl/α,β-unsaturated/α-hetero) is 1. The van der Waals surface area contributed by atoms with Crippen LogP contribution < -0.4 is 4.74 Å². The predicted octanol–water partition coefficient (Wildman–Crippen LogP) is 5.76. The van der Waals surface area contributed by atoms with Gasteiger partial charge in [0.25, 0.3) is 0 Å². The molecule has 0 aliphatic carbocycles. The fraction of sp³-hybridized carbons (Fsp3) is 0.133. The normalized spacial score (nSPS) is 11.9. The number of ketones is 1. The molecule has 0 unspecified atom stereocenters. The molecule has 0 amide bonds. The predicted molar refractivity (Wildman–Crippen MR) is 140 cm³/mol. The molecule has 4 aromatic carbocycles. The van der Waals surface area contributed by atoms with Gasteiger partial charge < -0.3 is 9.47 Å². The van der Waals surface area contributed by atoms with Crippen LogP contribution in [-0.4, -0.2) is 27.3 Å². The molecule has 37 heavy (non-hydrogen) atoms. The molecule has 4 rings (SSSR count). The summed E-state index contributed by atoms with van der Waals surface area (Å²) in [5.41, 5.74) is 2.63. The summed E-state index contributed by atoms with van der Waals surface area (Å²) in [5, 5.41) is 0. The van der Waals surface area contributed by atoms with E-state index in [4.69, 9.17) is 9.47 Å². The summed E-state index contributed by atoms with van der Waals surface area (Å²) in [7, 11) is -2.00. The highest BCUT2D eigenvalue weighted by Crippen LogP contribution is 2.26. The minimum atomic E-state index is -3.53. The van der Waals surface area contributed by atoms with Crippen molar-refractivity contribution in [2.45, 2.75) is 23.7 Å². The van der Waals surface area contributed by atoms with Crippen molar-refractivity contribution in [2.75, 3.05) is 7.11 Å². The lowest BCUT2D eigenvalue weighted by Crippen LogP contribution is -2.20. The summed E-state index contributed by atoms with van der Waals surface area (Å²) in [6.45, 7) is 1.89. The van der Waals surface area contributed by atoms with Crippen molar-refractivity contribution in [1.29, 1.82) is 0 Å². The number of esters is 1. The van der Waals surface area contributed by atoms with Gasteiger partial charge in [0, 0.05) is 11.1 Å². The second-order valence-electron chi connectivity index (χ2n) is 8.56. The third-order valence-corrected chi connectivity index (χ3v) is 7.57. The molecule has 4 aromatic rings. The van der Waals surface area contributed by atoms with Crippen LogP contribution in [0.1, 0.15) is 43.5 Å². The fourth-order valence-corrected chi connectivity index (χ4v) is 5.12. The summed E-state index contributed by atoms with van der Waals surface area (Å²) < 4.78 is 36.3. The molecule has 0 radical (unpaired) electrons. The molecule has 188 valence electrons. The largest absolute Gasteiger partial charge is 0.497 e. The Morgan fingerprint density at radius 2 is 1.35 bits per heavy atom. The smallest absolute Gasteiger partial charge is 0.339 e. The number of carbonyl (C=O) groups is 2. The molecule has 0 bridgehead atoms. The van der Waals surface area contributed by atoms with Crippen molar-refractivity contribution < 1.29 is 27.5 Å². The number of ether oxygens (including phenoxy) is 2. The number of benzene rings is 4. The van der Waals surface area contributed by atoms with E-state index in [0.29, 0.717) is 22.4 Å². The monoisotopic (exact) mass is 514 g/mol. The molecule has 0 fully saturated rings. The molecule has 6 nitrogen and oxygen atoms in total. The first-order chi connectivity index (χ1) is 17.8. The van der Waals surface area contributed by atoms with Gasteiger partial charge in [0.1, 0.15) is 5.75 Å². The minimum absolute atomic E-state index is 0.200. The average molecular weight is 515 g/mol. The van der Waals surface area contributed by atoms with Gasteiger partial charge in [0.05, 0.1) is 23.3 Å². The number of methoxy groups -OCH3 is 1. The van der Waals surface area contributed by atoms with E-state index in [-0.39, 0.29) is 22.0 Å². The van der Waals surface area contributed by atoms with Crippen molar-refractivity contribution >= 4 is 21.6 Å². The summed E-state index contributed by atoms with van der Waals surface area (Å²) >= 11 is 0. The first-order valence-corrected chi connectivity index (χ1v) is 13.2. The number of rotatable bonds is 9. The Hall–Kier alpha value is -4.23. The Morgan fingerprint density at radius 3 is 1.95 bits per heavy atom. The van der Waals surface area contributed by atoms with Crippen LogP contribution in [0.25, 0.3) is 0 Å². The average Bonchev–Trinajstić information content (AvgIpc) is 2.92. The van der Waals surface area contributed by atoms with Crippen molar-refractivity contribution in [3.63, 3.8) is 0 Å². The van der Waals surface area contributed by atoms with Crippen LogP contribution in [0.2, 0.25) is 0 Å². The van der Waals surface area contributed by atoms with Gasteiger partial charge in [-0.15, -0.1) is 0 Å². The van der Waals surface area contributed by atoms with Crippen LogP contribution in [-0.2, 0) is 20.3 Å². The second kappa shape index (κ2) is 11.2. The van der Waals surface area contributed by atoms with E-state index in [1.54, 1.807) is 84.9 Å². The zero-order valence-corrected chi connectivity index (χ0v) is 21.3. The Kier molecular flexibility index (Phi) is 7.84. The highest BCUT2D eigenvalue weighted by Gasteiger charge is 2.27. The van der Waals surface area contributed by atoms with Crippen molar-refractivity contribution in [3.05, 3.63) is 131 Å². The molecular formula is C30H26O6S. The lowest BCUT2D eigenvalue weighted by molar-refractivity contribution is 0.0280. The van der Waals surface area contributed by atoms with Gasteiger partial charge in [-0.3, -0.25) is 4.79 Å². The molecule has 0 aliphatic rings. The second-order valence-corrected chi connectivity index (χ2v) is 10.5. The molecule has 0 N–H and O–H groups in total.